The van der Waals surface area contributed by atoms with Crippen molar-refractivity contribution >= 4 is 5.91 Å². The average Bonchev–Trinajstić information content (AvgIpc) is 3.17. The van der Waals surface area contributed by atoms with Gasteiger partial charge in [0, 0.05) is 51.4 Å². The summed E-state index contributed by atoms with van der Waals surface area (Å²) in [7, 11) is 1.78. The Hall–Kier alpha value is -1.43. The molecule has 158 valence electrons. The van der Waals surface area contributed by atoms with Crippen LogP contribution in [0.1, 0.15) is 61.5 Å². The SMILES string of the molecule is COC1CCC2NC[C@@H]3CC(c4ccc(C5CCOCC5)cc4)CN3C(=O)C2C1. The lowest BCUT2D eigenvalue weighted by atomic mass is 9.82. The molecule has 5 atom stereocenters. The Balaban J connectivity index is 1.27. The summed E-state index contributed by atoms with van der Waals surface area (Å²) < 4.78 is 11.1. The molecule has 1 aliphatic carbocycles. The summed E-state index contributed by atoms with van der Waals surface area (Å²) >= 11 is 0. The maximum Gasteiger partial charge on any atom is 0.227 e. The van der Waals surface area contributed by atoms with Crippen molar-refractivity contribution in [3.63, 3.8) is 0 Å². The molecule has 29 heavy (non-hydrogen) atoms. The van der Waals surface area contributed by atoms with E-state index < -0.39 is 0 Å². The lowest BCUT2D eigenvalue weighted by Crippen LogP contribution is -2.46. The highest BCUT2D eigenvalue weighted by molar-refractivity contribution is 5.81. The third-order valence-electron chi connectivity index (χ3n) is 7.87. The van der Waals surface area contributed by atoms with E-state index in [2.05, 4.69) is 34.5 Å². The predicted molar refractivity (Wildman–Crippen MR) is 112 cm³/mol. The van der Waals surface area contributed by atoms with Gasteiger partial charge in [-0.25, -0.2) is 0 Å². The van der Waals surface area contributed by atoms with Gasteiger partial charge in [-0.05, 0) is 55.6 Å². The highest BCUT2D eigenvalue weighted by atomic mass is 16.5. The summed E-state index contributed by atoms with van der Waals surface area (Å²) in [5, 5.41) is 3.72. The van der Waals surface area contributed by atoms with Crippen molar-refractivity contribution in [1.29, 1.82) is 0 Å². The summed E-state index contributed by atoms with van der Waals surface area (Å²) in [5.74, 6) is 1.52. The normalized spacial score (nSPS) is 35.8. The second-order valence-corrected chi connectivity index (χ2v) is 9.42. The number of fused-ring (bicyclic) bond motifs is 2. The lowest BCUT2D eigenvalue weighted by Gasteiger charge is -2.34. The number of nitrogens with one attached hydrogen (secondary N) is 1. The van der Waals surface area contributed by atoms with E-state index in [1.54, 1.807) is 7.11 Å². The Morgan fingerprint density at radius 2 is 1.72 bits per heavy atom. The van der Waals surface area contributed by atoms with Crippen LogP contribution in [0.4, 0.5) is 0 Å². The molecule has 0 bridgehead atoms. The minimum absolute atomic E-state index is 0.0772. The fourth-order valence-corrected chi connectivity index (χ4v) is 6.06. The van der Waals surface area contributed by atoms with Crippen LogP contribution in [0.3, 0.4) is 0 Å². The first kappa shape index (κ1) is 19.5. The van der Waals surface area contributed by atoms with Crippen molar-refractivity contribution in [2.24, 2.45) is 5.92 Å². The third-order valence-corrected chi connectivity index (χ3v) is 7.87. The van der Waals surface area contributed by atoms with Crippen LogP contribution in [0.2, 0.25) is 0 Å². The minimum Gasteiger partial charge on any atom is -0.381 e. The van der Waals surface area contributed by atoms with E-state index in [1.807, 2.05) is 0 Å². The van der Waals surface area contributed by atoms with Crippen molar-refractivity contribution in [3.05, 3.63) is 35.4 Å². The first-order valence-corrected chi connectivity index (χ1v) is 11.5. The molecular weight excluding hydrogens is 364 g/mol. The number of ether oxygens (including phenoxy) is 2. The van der Waals surface area contributed by atoms with Gasteiger partial charge in [0.05, 0.1) is 12.0 Å². The van der Waals surface area contributed by atoms with E-state index in [0.717, 1.165) is 64.8 Å². The van der Waals surface area contributed by atoms with Crippen molar-refractivity contribution in [3.8, 4) is 0 Å². The molecule has 4 aliphatic rings. The van der Waals surface area contributed by atoms with E-state index in [9.17, 15) is 4.79 Å². The lowest BCUT2D eigenvalue weighted by molar-refractivity contribution is -0.138. The Labute approximate surface area is 174 Å². The molecule has 5 nitrogen and oxygen atoms in total. The zero-order chi connectivity index (χ0) is 19.8. The van der Waals surface area contributed by atoms with E-state index in [0.29, 0.717) is 29.8 Å². The number of hydrogen-bond donors (Lipinski definition) is 1. The highest BCUT2D eigenvalue weighted by Crippen LogP contribution is 2.38. The van der Waals surface area contributed by atoms with E-state index in [4.69, 9.17) is 9.47 Å². The van der Waals surface area contributed by atoms with Crippen molar-refractivity contribution in [1.82, 2.24) is 10.2 Å². The number of nitrogens with zero attached hydrogens (tertiary/aromatic N) is 1. The summed E-state index contributed by atoms with van der Waals surface area (Å²) in [6.07, 6.45) is 6.53. The van der Waals surface area contributed by atoms with Crippen molar-refractivity contribution in [2.45, 2.75) is 68.5 Å². The van der Waals surface area contributed by atoms with Gasteiger partial charge >= 0.3 is 0 Å². The average molecular weight is 399 g/mol. The van der Waals surface area contributed by atoms with Crippen LogP contribution in [-0.4, -0.2) is 62.4 Å². The van der Waals surface area contributed by atoms with Crippen LogP contribution in [0, 0.1) is 5.92 Å². The number of carbonyl (C=O) groups is 1. The van der Waals surface area contributed by atoms with Gasteiger partial charge in [0.25, 0.3) is 0 Å². The number of amides is 1. The van der Waals surface area contributed by atoms with Crippen molar-refractivity contribution < 1.29 is 14.3 Å². The molecule has 4 fully saturated rings. The number of carbonyl (C=O) groups excluding carboxylic acids is 1. The summed E-state index contributed by atoms with van der Waals surface area (Å²) in [4.78, 5) is 15.6. The van der Waals surface area contributed by atoms with Gasteiger partial charge in [-0.2, -0.15) is 0 Å². The Bertz CT molecular complexity index is 715. The number of hydrogen-bond acceptors (Lipinski definition) is 4. The molecule has 1 aromatic rings. The molecule has 0 radical (unpaired) electrons. The van der Waals surface area contributed by atoms with E-state index >= 15 is 0 Å². The fraction of sp³-hybridized carbons (Fsp3) is 0.708. The molecule has 1 amide bonds. The minimum atomic E-state index is 0.0772. The van der Waals surface area contributed by atoms with Crippen LogP contribution in [0.25, 0.3) is 0 Å². The Kier molecular flexibility index (Phi) is 5.63. The fourth-order valence-electron chi connectivity index (χ4n) is 6.06. The molecule has 5 rings (SSSR count). The summed E-state index contributed by atoms with van der Waals surface area (Å²) in [6.45, 7) is 3.56. The monoisotopic (exact) mass is 398 g/mol. The molecule has 3 aliphatic heterocycles. The van der Waals surface area contributed by atoms with Gasteiger partial charge in [-0.3, -0.25) is 4.79 Å². The van der Waals surface area contributed by atoms with E-state index in [1.165, 1.54) is 11.1 Å². The van der Waals surface area contributed by atoms with Crippen LogP contribution in [0.15, 0.2) is 24.3 Å². The van der Waals surface area contributed by atoms with Crippen LogP contribution in [0.5, 0.6) is 0 Å². The van der Waals surface area contributed by atoms with Crippen LogP contribution in [-0.2, 0) is 14.3 Å². The number of rotatable bonds is 3. The summed E-state index contributed by atoms with van der Waals surface area (Å²) in [5.41, 5.74) is 2.83. The molecule has 0 aromatic heterocycles. The predicted octanol–water partition coefficient (Wildman–Crippen LogP) is 3.05. The first-order valence-electron chi connectivity index (χ1n) is 11.5. The third kappa shape index (κ3) is 3.85. The molecule has 4 unspecified atom stereocenters. The Morgan fingerprint density at radius 1 is 1.00 bits per heavy atom. The zero-order valence-electron chi connectivity index (χ0n) is 17.5. The summed E-state index contributed by atoms with van der Waals surface area (Å²) in [6, 6.07) is 9.91. The van der Waals surface area contributed by atoms with Gasteiger partial charge < -0.3 is 19.7 Å². The molecule has 1 N–H and O–H groups in total. The maximum absolute atomic E-state index is 13.4. The quantitative estimate of drug-likeness (QED) is 0.850. The van der Waals surface area contributed by atoms with Crippen LogP contribution < -0.4 is 5.32 Å². The van der Waals surface area contributed by atoms with Gasteiger partial charge in [0.15, 0.2) is 0 Å². The molecule has 1 saturated carbocycles. The van der Waals surface area contributed by atoms with Gasteiger partial charge in [0.2, 0.25) is 5.91 Å². The van der Waals surface area contributed by atoms with Crippen LogP contribution >= 0.6 is 0 Å². The van der Waals surface area contributed by atoms with Gasteiger partial charge in [-0.1, -0.05) is 24.3 Å². The number of methoxy groups -OCH3 is 1. The molecule has 3 saturated heterocycles. The topological polar surface area (TPSA) is 50.8 Å². The maximum atomic E-state index is 13.4. The zero-order valence-corrected chi connectivity index (χ0v) is 17.5. The molecule has 0 spiro atoms. The van der Waals surface area contributed by atoms with E-state index in [-0.39, 0.29) is 12.0 Å². The standard InChI is InChI=1S/C24H34N2O3/c1-28-21-6-7-23-22(13-21)24(27)26-15-19(12-20(26)14-25-23)17-4-2-16(3-5-17)18-8-10-29-11-9-18/h2-5,18-23,25H,6-15H2,1H3/t19?,20-,21?,22?,23?/m0/s1. The molecule has 5 heteroatoms. The second-order valence-electron chi connectivity index (χ2n) is 9.42. The molecule has 1 aromatic carbocycles. The first-order chi connectivity index (χ1) is 14.2. The molecule has 3 heterocycles. The van der Waals surface area contributed by atoms with Crippen molar-refractivity contribution in [2.75, 3.05) is 33.4 Å². The van der Waals surface area contributed by atoms with Gasteiger partial charge in [0.1, 0.15) is 0 Å². The second kappa shape index (κ2) is 8.37. The largest absolute Gasteiger partial charge is 0.381 e. The highest BCUT2D eigenvalue weighted by Gasteiger charge is 2.45. The number of benzene rings is 1. The van der Waals surface area contributed by atoms with Gasteiger partial charge in [-0.15, -0.1) is 0 Å². The Morgan fingerprint density at radius 3 is 2.45 bits per heavy atom. The molecular formula is C24H34N2O3. The smallest absolute Gasteiger partial charge is 0.227 e.